The van der Waals surface area contributed by atoms with Crippen LogP contribution in [-0.2, 0) is 25.5 Å². The topological polar surface area (TPSA) is 81.4 Å². The Labute approximate surface area is 215 Å². The predicted octanol–water partition coefficient (Wildman–Crippen LogP) is 6.18. The highest BCUT2D eigenvalue weighted by molar-refractivity contribution is 5.87. The van der Waals surface area contributed by atoms with Crippen LogP contribution in [0.1, 0.15) is 63.9 Å². The Morgan fingerprint density at radius 3 is 2.21 bits per heavy atom. The van der Waals surface area contributed by atoms with Gasteiger partial charge in [-0.2, -0.15) is 22.0 Å². The second kappa shape index (κ2) is 11.3. The van der Waals surface area contributed by atoms with Gasteiger partial charge in [-0.25, -0.2) is 9.78 Å². The number of carbonyl (C=O) groups is 1. The summed E-state index contributed by atoms with van der Waals surface area (Å²) >= 11 is 0. The van der Waals surface area contributed by atoms with E-state index in [2.05, 4.69) is 4.98 Å². The highest BCUT2D eigenvalue weighted by Crippen LogP contribution is 2.43. The molecule has 0 atom stereocenters. The maximum absolute atomic E-state index is 14.3. The van der Waals surface area contributed by atoms with E-state index in [1.165, 1.54) is 12.1 Å². The minimum absolute atomic E-state index is 0.138. The van der Waals surface area contributed by atoms with Gasteiger partial charge in [0.05, 0.1) is 17.8 Å². The monoisotopic (exact) mass is 538 g/mol. The molecule has 3 rings (SSSR count). The summed E-state index contributed by atoms with van der Waals surface area (Å²) in [5.74, 6) is -5.76. The molecule has 6 nitrogen and oxygen atoms in total. The van der Waals surface area contributed by atoms with Crippen molar-refractivity contribution < 1.29 is 36.6 Å². The van der Waals surface area contributed by atoms with Crippen molar-refractivity contribution in [1.29, 1.82) is 0 Å². The third-order valence-corrected chi connectivity index (χ3v) is 6.03. The van der Waals surface area contributed by atoms with Crippen LogP contribution in [0.15, 0.2) is 47.3 Å². The van der Waals surface area contributed by atoms with Crippen LogP contribution in [-0.4, -0.2) is 26.8 Å². The molecule has 0 fully saturated rings. The van der Waals surface area contributed by atoms with Crippen LogP contribution < -0.4 is 10.3 Å². The van der Waals surface area contributed by atoms with Crippen molar-refractivity contribution in [3.63, 3.8) is 0 Å². The van der Waals surface area contributed by atoms with Crippen molar-refractivity contribution in [3.8, 4) is 5.75 Å². The number of hydrogen-bond donors (Lipinski definition) is 1. The van der Waals surface area contributed by atoms with Gasteiger partial charge < -0.3 is 9.84 Å². The maximum Gasteiger partial charge on any atom is 0.458 e. The van der Waals surface area contributed by atoms with Crippen LogP contribution in [0.4, 0.5) is 22.0 Å². The van der Waals surface area contributed by atoms with Crippen LogP contribution in [0, 0.1) is 13.8 Å². The van der Waals surface area contributed by atoms with E-state index in [0.717, 1.165) is 17.1 Å². The lowest BCUT2D eigenvalue weighted by molar-refractivity contribution is -0.290. The molecule has 1 N–H and O–H groups in total. The summed E-state index contributed by atoms with van der Waals surface area (Å²) in [6.07, 6.45) is -4.42. The first-order valence-corrected chi connectivity index (χ1v) is 11.9. The molecule has 204 valence electrons. The number of aromatic carboxylic acids is 1. The third kappa shape index (κ3) is 6.20. The molecule has 11 heteroatoms. The van der Waals surface area contributed by atoms with Crippen molar-refractivity contribution in [2.75, 3.05) is 0 Å². The standard InChI is InChI=1S/C27H27F5N2O4/c1-4-5-6-22-33-17(3)23(26(28,29)27(30,31)32)24(35)34(22)14-19-9-12-21(16(2)13-19)38-15-18-7-10-20(11-8-18)25(36)37/h7-13H,4-6,14-15H2,1-3H3,(H,36,37). The van der Waals surface area contributed by atoms with Crippen molar-refractivity contribution in [3.05, 3.63) is 92.2 Å². The molecule has 0 aliphatic rings. The fourth-order valence-corrected chi connectivity index (χ4v) is 3.97. The number of aryl methyl sites for hydroxylation is 3. The number of carboxylic acids is 1. The Bertz CT molecular complexity index is 1370. The first-order chi connectivity index (χ1) is 17.8. The number of rotatable bonds is 10. The smallest absolute Gasteiger partial charge is 0.458 e. The maximum atomic E-state index is 14.3. The van der Waals surface area contributed by atoms with Gasteiger partial charge in [0.1, 0.15) is 23.7 Å². The van der Waals surface area contributed by atoms with E-state index in [1.807, 2.05) is 6.92 Å². The second-order valence-electron chi connectivity index (χ2n) is 8.95. The molecule has 0 radical (unpaired) electrons. The van der Waals surface area contributed by atoms with E-state index in [-0.39, 0.29) is 31.0 Å². The van der Waals surface area contributed by atoms with Crippen molar-refractivity contribution in [1.82, 2.24) is 9.55 Å². The van der Waals surface area contributed by atoms with Gasteiger partial charge in [-0.15, -0.1) is 0 Å². The number of unbranched alkanes of at least 4 members (excludes halogenated alkanes) is 1. The van der Waals surface area contributed by atoms with Gasteiger partial charge in [0.2, 0.25) is 0 Å². The average Bonchev–Trinajstić information content (AvgIpc) is 2.83. The Morgan fingerprint density at radius 1 is 1.03 bits per heavy atom. The lowest BCUT2D eigenvalue weighted by Gasteiger charge is -2.23. The van der Waals surface area contributed by atoms with Gasteiger partial charge >= 0.3 is 18.1 Å². The Kier molecular flexibility index (Phi) is 8.58. The fraction of sp³-hybridized carbons (Fsp3) is 0.370. The molecule has 38 heavy (non-hydrogen) atoms. The summed E-state index contributed by atoms with van der Waals surface area (Å²) in [7, 11) is 0. The molecule has 0 spiro atoms. The molecule has 1 heterocycles. The van der Waals surface area contributed by atoms with Gasteiger partial charge in [-0.1, -0.05) is 37.6 Å². The van der Waals surface area contributed by atoms with Gasteiger partial charge in [0.25, 0.3) is 5.56 Å². The van der Waals surface area contributed by atoms with Crippen LogP contribution in [0.25, 0.3) is 0 Å². The number of benzene rings is 2. The van der Waals surface area contributed by atoms with Gasteiger partial charge in [-0.05, 0) is 55.2 Å². The molecule has 0 amide bonds. The van der Waals surface area contributed by atoms with Crippen LogP contribution in [0.5, 0.6) is 5.75 Å². The second-order valence-corrected chi connectivity index (χ2v) is 8.95. The molecule has 2 aromatic carbocycles. The quantitative estimate of drug-likeness (QED) is 0.312. The number of aromatic nitrogens is 2. The third-order valence-electron chi connectivity index (χ3n) is 6.03. The van der Waals surface area contributed by atoms with E-state index in [4.69, 9.17) is 9.84 Å². The highest BCUT2D eigenvalue weighted by atomic mass is 19.4. The van der Waals surface area contributed by atoms with Crippen LogP contribution >= 0.6 is 0 Å². The zero-order valence-electron chi connectivity index (χ0n) is 21.0. The Hall–Kier alpha value is -3.76. The molecule has 0 unspecified atom stereocenters. The summed E-state index contributed by atoms with van der Waals surface area (Å²) in [4.78, 5) is 28.0. The molecule has 0 saturated carbocycles. The fourth-order valence-electron chi connectivity index (χ4n) is 3.97. The molecule has 0 saturated heterocycles. The Balaban J connectivity index is 1.91. The first-order valence-electron chi connectivity index (χ1n) is 11.9. The minimum atomic E-state index is -5.94. The van der Waals surface area contributed by atoms with E-state index in [9.17, 15) is 31.5 Å². The average molecular weight is 539 g/mol. The molecule has 3 aromatic rings. The van der Waals surface area contributed by atoms with Crippen LogP contribution in [0.2, 0.25) is 0 Å². The summed E-state index contributed by atoms with van der Waals surface area (Å²) < 4.78 is 74.6. The van der Waals surface area contributed by atoms with Gasteiger partial charge in [0.15, 0.2) is 0 Å². The number of hydrogen-bond acceptors (Lipinski definition) is 4. The zero-order chi connectivity index (χ0) is 28.3. The van der Waals surface area contributed by atoms with Gasteiger partial charge in [-0.3, -0.25) is 9.36 Å². The number of nitrogens with zero attached hydrogens (tertiary/aromatic N) is 2. The summed E-state index contributed by atoms with van der Waals surface area (Å²) in [5, 5.41) is 8.99. The molecule has 0 bridgehead atoms. The van der Waals surface area contributed by atoms with E-state index in [1.54, 1.807) is 37.3 Å². The van der Waals surface area contributed by atoms with Crippen molar-refractivity contribution in [2.24, 2.45) is 0 Å². The van der Waals surface area contributed by atoms with Gasteiger partial charge in [0, 0.05) is 6.42 Å². The molecular formula is C27H27F5N2O4. The number of ether oxygens (including phenoxy) is 1. The van der Waals surface area contributed by atoms with E-state index >= 15 is 0 Å². The zero-order valence-corrected chi connectivity index (χ0v) is 21.0. The minimum Gasteiger partial charge on any atom is -0.489 e. The lowest BCUT2D eigenvalue weighted by Crippen LogP contribution is -2.42. The van der Waals surface area contributed by atoms with Crippen molar-refractivity contribution in [2.45, 2.75) is 65.3 Å². The Morgan fingerprint density at radius 2 is 1.66 bits per heavy atom. The largest absolute Gasteiger partial charge is 0.489 e. The SMILES string of the molecule is CCCCc1nc(C)c(C(F)(F)C(F)(F)F)c(=O)n1Cc1ccc(OCc2ccc(C(=O)O)cc2)c(C)c1. The normalized spacial score (nSPS) is 12.0. The number of carboxylic acid groups (broad SMARTS) is 1. The summed E-state index contributed by atoms with van der Waals surface area (Å²) in [5.41, 5.74) is -1.72. The highest BCUT2D eigenvalue weighted by Gasteiger charge is 2.61. The predicted molar refractivity (Wildman–Crippen MR) is 130 cm³/mol. The molecule has 0 aliphatic carbocycles. The van der Waals surface area contributed by atoms with Crippen LogP contribution in [0.3, 0.4) is 0 Å². The van der Waals surface area contributed by atoms with E-state index < -0.39 is 34.9 Å². The summed E-state index contributed by atoms with van der Waals surface area (Å²) in [6.45, 7) is 4.50. The lowest BCUT2D eigenvalue weighted by atomic mass is 10.1. The number of halogens is 5. The first kappa shape index (κ1) is 28.8. The summed E-state index contributed by atoms with van der Waals surface area (Å²) in [6, 6.07) is 11.0. The molecule has 0 aliphatic heterocycles. The molecule has 1 aromatic heterocycles. The van der Waals surface area contributed by atoms with Crippen molar-refractivity contribution >= 4 is 5.97 Å². The number of alkyl halides is 5. The molecular weight excluding hydrogens is 511 g/mol. The van der Waals surface area contributed by atoms with E-state index in [0.29, 0.717) is 29.7 Å².